The van der Waals surface area contributed by atoms with Gasteiger partial charge >= 0.3 is 0 Å². The van der Waals surface area contributed by atoms with Crippen LogP contribution in [-0.4, -0.2) is 31.1 Å². The van der Waals surface area contributed by atoms with E-state index in [4.69, 9.17) is 0 Å². The van der Waals surface area contributed by atoms with Crippen LogP contribution in [0.15, 0.2) is 24.3 Å². The summed E-state index contributed by atoms with van der Waals surface area (Å²) < 4.78 is 0. The van der Waals surface area contributed by atoms with Gasteiger partial charge in [0.2, 0.25) is 0 Å². The summed E-state index contributed by atoms with van der Waals surface area (Å²) in [5, 5.41) is 3.51. The molecule has 0 aliphatic heterocycles. The monoisotopic (exact) mass is 274 g/mol. The molecule has 0 radical (unpaired) electrons. The van der Waals surface area contributed by atoms with Gasteiger partial charge in [0.05, 0.1) is 0 Å². The molecule has 1 atom stereocenters. The molecule has 1 aliphatic carbocycles. The Hall–Kier alpha value is -0.860. The zero-order valence-electron chi connectivity index (χ0n) is 13.5. The van der Waals surface area contributed by atoms with E-state index in [9.17, 15) is 0 Å². The predicted molar refractivity (Wildman–Crippen MR) is 87.1 cm³/mol. The third-order valence-electron chi connectivity index (χ3n) is 4.10. The molecule has 2 nitrogen and oxygen atoms in total. The van der Waals surface area contributed by atoms with Gasteiger partial charge < -0.3 is 10.2 Å². The van der Waals surface area contributed by atoms with Crippen LogP contribution >= 0.6 is 0 Å². The van der Waals surface area contributed by atoms with Gasteiger partial charge in [-0.3, -0.25) is 0 Å². The molecule has 1 fully saturated rings. The summed E-state index contributed by atoms with van der Waals surface area (Å²) in [5.41, 5.74) is 2.87. The highest BCUT2D eigenvalue weighted by Crippen LogP contribution is 2.29. The van der Waals surface area contributed by atoms with Gasteiger partial charge in [0.1, 0.15) is 0 Å². The van der Waals surface area contributed by atoms with E-state index >= 15 is 0 Å². The third kappa shape index (κ3) is 5.26. The van der Waals surface area contributed by atoms with Crippen molar-refractivity contribution in [1.82, 2.24) is 10.2 Å². The fourth-order valence-electron chi connectivity index (χ4n) is 2.60. The molecule has 1 unspecified atom stereocenters. The van der Waals surface area contributed by atoms with Crippen LogP contribution in [0.4, 0.5) is 0 Å². The van der Waals surface area contributed by atoms with E-state index in [1.165, 1.54) is 30.5 Å². The Labute approximate surface area is 124 Å². The molecule has 2 heteroatoms. The lowest BCUT2D eigenvalue weighted by Gasteiger charge is -2.18. The first-order chi connectivity index (χ1) is 9.54. The highest BCUT2D eigenvalue weighted by atomic mass is 15.1. The molecular weight excluding hydrogens is 244 g/mol. The van der Waals surface area contributed by atoms with Gasteiger partial charge in [-0.15, -0.1) is 0 Å². The van der Waals surface area contributed by atoms with Gasteiger partial charge in [-0.25, -0.2) is 0 Å². The molecule has 1 aromatic rings. The van der Waals surface area contributed by atoms with E-state index in [-0.39, 0.29) is 0 Å². The number of nitrogens with zero attached hydrogens (tertiary/aromatic N) is 1. The molecule has 1 N–H and O–H groups in total. The fraction of sp³-hybridized carbons (Fsp3) is 0.667. The summed E-state index contributed by atoms with van der Waals surface area (Å²) in [5.74, 6) is 1.55. The topological polar surface area (TPSA) is 15.3 Å². The Bertz CT molecular complexity index is 392. The van der Waals surface area contributed by atoms with Crippen LogP contribution in [0.3, 0.4) is 0 Å². The molecule has 1 aliphatic rings. The van der Waals surface area contributed by atoms with Crippen LogP contribution in [0.25, 0.3) is 0 Å². The van der Waals surface area contributed by atoms with Crippen LogP contribution in [0, 0.1) is 5.92 Å². The summed E-state index contributed by atoms with van der Waals surface area (Å²) in [4.78, 5) is 2.45. The first kappa shape index (κ1) is 15.5. The van der Waals surface area contributed by atoms with E-state index < -0.39 is 0 Å². The largest absolute Gasteiger partial charge is 0.314 e. The zero-order chi connectivity index (χ0) is 14.5. The van der Waals surface area contributed by atoms with Crippen LogP contribution in [0.2, 0.25) is 0 Å². The minimum absolute atomic E-state index is 0.563. The Morgan fingerprint density at radius 2 is 1.80 bits per heavy atom. The Morgan fingerprint density at radius 3 is 2.35 bits per heavy atom. The maximum atomic E-state index is 3.51. The van der Waals surface area contributed by atoms with Crippen molar-refractivity contribution in [3.63, 3.8) is 0 Å². The molecule has 0 heterocycles. The summed E-state index contributed by atoms with van der Waals surface area (Å²) in [6.07, 6.45) is 2.87. The molecule has 0 amide bonds. The molecular formula is C18H30N2. The lowest BCUT2D eigenvalue weighted by molar-refractivity contribution is 0.313. The summed E-state index contributed by atoms with van der Waals surface area (Å²) in [6.45, 7) is 10.1. The Kier molecular flexibility index (Phi) is 5.62. The second kappa shape index (κ2) is 7.24. The number of rotatable bonds is 8. The molecule has 0 aromatic heterocycles. The number of hydrogen-bond donors (Lipinski definition) is 1. The normalized spacial score (nSPS) is 16.9. The second-order valence-electron chi connectivity index (χ2n) is 6.85. The second-order valence-corrected chi connectivity index (χ2v) is 6.85. The van der Waals surface area contributed by atoms with Gasteiger partial charge in [-0.1, -0.05) is 45.0 Å². The van der Waals surface area contributed by atoms with Gasteiger partial charge in [0.25, 0.3) is 0 Å². The van der Waals surface area contributed by atoms with Gasteiger partial charge in [-0.2, -0.15) is 0 Å². The van der Waals surface area contributed by atoms with Crippen molar-refractivity contribution in [1.29, 1.82) is 0 Å². The first-order valence-electron chi connectivity index (χ1n) is 8.05. The summed E-state index contributed by atoms with van der Waals surface area (Å²) in [7, 11) is 2.24. The van der Waals surface area contributed by atoms with E-state index in [0.29, 0.717) is 12.0 Å². The molecule has 112 valence electrons. The van der Waals surface area contributed by atoms with E-state index in [1.54, 1.807) is 0 Å². The van der Waals surface area contributed by atoms with Crippen molar-refractivity contribution in [2.75, 3.05) is 20.1 Å². The van der Waals surface area contributed by atoms with Crippen molar-refractivity contribution < 1.29 is 0 Å². The van der Waals surface area contributed by atoms with Crippen LogP contribution in [-0.2, 0) is 6.54 Å². The highest BCUT2D eigenvalue weighted by molar-refractivity contribution is 5.25. The third-order valence-corrected chi connectivity index (χ3v) is 4.10. The smallest absolute Gasteiger partial charge is 0.0230 e. The minimum Gasteiger partial charge on any atom is -0.314 e. The van der Waals surface area contributed by atoms with Gasteiger partial charge in [0, 0.05) is 25.7 Å². The molecule has 20 heavy (non-hydrogen) atoms. The average molecular weight is 274 g/mol. The lowest BCUT2D eigenvalue weighted by atomic mass is 9.99. The SMILES string of the molecule is CC(C)NCC(C)c1ccc(CN(C)CC2CC2)cc1. The predicted octanol–water partition coefficient (Wildman–Crippen LogP) is 3.63. The van der Waals surface area contributed by atoms with Crippen molar-refractivity contribution in [3.8, 4) is 0 Å². The van der Waals surface area contributed by atoms with Crippen LogP contribution < -0.4 is 5.32 Å². The Balaban J connectivity index is 1.81. The van der Waals surface area contributed by atoms with E-state index in [1.807, 2.05) is 0 Å². The Morgan fingerprint density at radius 1 is 1.15 bits per heavy atom. The lowest BCUT2D eigenvalue weighted by Crippen LogP contribution is -2.27. The molecule has 0 saturated heterocycles. The fourth-order valence-corrected chi connectivity index (χ4v) is 2.60. The van der Waals surface area contributed by atoms with Crippen molar-refractivity contribution in [2.24, 2.45) is 5.92 Å². The van der Waals surface area contributed by atoms with Crippen LogP contribution in [0.5, 0.6) is 0 Å². The summed E-state index contributed by atoms with van der Waals surface area (Å²) in [6, 6.07) is 9.75. The van der Waals surface area contributed by atoms with Gasteiger partial charge in [-0.05, 0) is 42.9 Å². The highest BCUT2D eigenvalue weighted by Gasteiger charge is 2.22. The molecule has 1 aromatic carbocycles. The van der Waals surface area contributed by atoms with E-state index in [0.717, 1.165) is 19.0 Å². The maximum absolute atomic E-state index is 3.51. The molecule has 0 spiro atoms. The molecule has 2 rings (SSSR count). The van der Waals surface area contributed by atoms with Gasteiger partial charge in [0.15, 0.2) is 0 Å². The van der Waals surface area contributed by atoms with Crippen molar-refractivity contribution in [3.05, 3.63) is 35.4 Å². The van der Waals surface area contributed by atoms with Crippen molar-refractivity contribution in [2.45, 2.75) is 52.1 Å². The van der Waals surface area contributed by atoms with E-state index in [2.05, 4.69) is 62.3 Å². The summed E-state index contributed by atoms with van der Waals surface area (Å²) >= 11 is 0. The standard InChI is InChI=1S/C18H30N2/c1-14(2)19-11-15(3)18-9-7-17(8-10-18)13-20(4)12-16-5-6-16/h7-10,14-16,19H,5-6,11-13H2,1-4H3. The number of nitrogens with one attached hydrogen (secondary N) is 1. The average Bonchev–Trinajstić information content (AvgIpc) is 3.20. The number of hydrogen-bond acceptors (Lipinski definition) is 2. The van der Waals surface area contributed by atoms with Crippen LogP contribution in [0.1, 0.15) is 50.7 Å². The zero-order valence-corrected chi connectivity index (χ0v) is 13.5. The van der Waals surface area contributed by atoms with Crippen molar-refractivity contribution >= 4 is 0 Å². The minimum atomic E-state index is 0.563. The molecule has 1 saturated carbocycles. The quantitative estimate of drug-likeness (QED) is 0.779. The molecule has 0 bridgehead atoms. The maximum Gasteiger partial charge on any atom is 0.0230 e. The number of benzene rings is 1. The first-order valence-corrected chi connectivity index (χ1v) is 8.05.